The van der Waals surface area contributed by atoms with Crippen LogP contribution in [-0.4, -0.2) is 9.55 Å². The van der Waals surface area contributed by atoms with Crippen molar-refractivity contribution in [3.8, 4) is 0 Å². The summed E-state index contributed by atoms with van der Waals surface area (Å²) in [4.78, 5) is 15.8. The lowest BCUT2D eigenvalue weighted by molar-refractivity contribution is -0.137. The van der Waals surface area contributed by atoms with Crippen LogP contribution in [-0.2, 0) is 19.3 Å². The van der Waals surface area contributed by atoms with Crippen molar-refractivity contribution in [1.29, 1.82) is 0 Å². The molecule has 4 nitrogen and oxygen atoms in total. The zero-order chi connectivity index (χ0) is 15.5. The van der Waals surface area contributed by atoms with Crippen LogP contribution in [0, 0.1) is 0 Å². The smallest absolute Gasteiger partial charge is 0.361 e. The second-order valence-corrected chi connectivity index (χ2v) is 4.42. The second-order valence-electron chi connectivity index (χ2n) is 4.42. The van der Waals surface area contributed by atoms with Gasteiger partial charge < -0.3 is 9.88 Å². The van der Waals surface area contributed by atoms with E-state index in [0.29, 0.717) is 12.1 Å². The Hall–Kier alpha value is -2.31. The van der Waals surface area contributed by atoms with Crippen LogP contribution in [0.1, 0.15) is 18.1 Å². The molecular weight excluding hydrogens is 283 g/mol. The van der Waals surface area contributed by atoms with Gasteiger partial charge in [-0.05, 0) is 24.6 Å². The van der Waals surface area contributed by atoms with Crippen LogP contribution in [0.3, 0.4) is 0 Å². The highest BCUT2D eigenvalue weighted by Crippen LogP contribution is 2.29. The summed E-state index contributed by atoms with van der Waals surface area (Å²) in [7, 11) is 0. The zero-order valence-electron chi connectivity index (χ0n) is 11.3. The van der Waals surface area contributed by atoms with Crippen molar-refractivity contribution < 1.29 is 13.2 Å². The average Bonchev–Trinajstić information content (AvgIpc) is 2.46. The number of anilines is 1. The predicted octanol–water partition coefficient (Wildman–Crippen LogP) is 2.89. The van der Waals surface area contributed by atoms with Gasteiger partial charge in [0, 0.05) is 25.5 Å². The fourth-order valence-corrected chi connectivity index (χ4v) is 1.81. The molecule has 0 fully saturated rings. The van der Waals surface area contributed by atoms with Crippen LogP contribution in [0.2, 0.25) is 0 Å². The number of aromatic nitrogens is 2. The summed E-state index contributed by atoms with van der Waals surface area (Å²) in [6.45, 7) is 2.59. The Bertz CT molecular complexity index is 662. The van der Waals surface area contributed by atoms with Crippen LogP contribution in [0.5, 0.6) is 0 Å². The number of alkyl halides is 3. The molecule has 1 aromatic carbocycles. The zero-order valence-corrected chi connectivity index (χ0v) is 11.3. The van der Waals surface area contributed by atoms with Crippen LogP contribution in [0.15, 0.2) is 41.5 Å². The van der Waals surface area contributed by atoms with Gasteiger partial charge in [0.25, 0.3) is 5.56 Å². The maximum Gasteiger partial charge on any atom is 0.416 e. The van der Waals surface area contributed by atoms with Gasteiger partial charge in [0.15, 0.2) is 5.82 Å². The number of nitrogens with one attached hydrogen (secondary N) is 1. The largest absolute Gasteiger partial charge is 0.416 e. The molecule has 0 unspecified atom stereocenters. The summed E-state index contributed by atoms with van der Waals surface area (Å²) in [5, 5.41) is 2.84. The van der Waals surface area contributed by atoms with Crippen LogP contribution < -0.4 is 10.9 Å². The van der Waals surface area contributed by atoms with Crippen molar-refractivity contribution in [1.82, 2.24) is 9.55 Å². The molecule has 0 spiro atoms. The lowest BCUT2D eigenvalue weighted by atomic mass is 10.1. The number of halogens is 3. The Morgan fingerprint density at radius 3 is 2.48 bits per heavy atom. The molecule has 0 aliphatic carbocycles. The molecule has 7 heteroatoms. The van der Waals surface area contributed by atoms with E-state index in [-0.39, 0.29) is 17.9 Å². The van der Waals surface area contributed by atoms with Crippen molar-refractivity contribution in [2.45, 2.75) is 26.2 Å². The van der Waals surface area contributed by atoms with Crippen LogP contribution >= 0.6 is 0 Å². The van der Waals surface area contributed by atoms with E-state index < -0.39 is 11.7 Å². The second kappa shape index (κ2) is 5.99. The number of hydrogen-bond donors (Lipinski definition) is 1. The molecule has 112 valence electrons. The summed E-state index contributed by atoms with van der Waals surface area (Å²) in [5.74, 6) is 0.180. The van der Waals surface area contributed by atoms with E-state index in [9.17, 15) is 18.0 Å². The SMILES string of the molecule is CCn1ccnc(NCc2ccc(C(F)(F)F)cc2)c1=O. The Kier molecular flexibility index (Phi) is 4.30. The molecule has 0 bridgehead atoms. The Morgan fingerprint density at radius 2 is 1.90 bits per heavy atom. The Balaban J connectivity index is 2.09. The summed E-state index contributed by atoms with van der Waals surface area (Å²) < 4.78 is 38.8. The fourth-order valence-electron chi connectivity index (χ4n) is 1.81. The summed E-state index contributed by atoms with van der Waals surface area (Å²) in [6, 6.07) is 4.77. The topological polar surface area (TPSA) is 46.9 Å². The number of hydrogen-bond acceptors (Lipinski definition) is 3. The van der Waals surface area contributed by atoms with Gasteiger partial charge >= 0.3 is 6.18 Å². The molecule has 1 aromatic heterocycles. The normalized spacial score (nSPS) is 11.4. The first-order valence-electron chi connectivity index (χ1n) is 6.37. The van der Waals surface area contributed by atoms with Gasteiger partial charge in [-0.15, -0.1) is 0 Å². The maximum atomic E-state index is 12.4. The highest BCUT2D eigenvalue weighted by molar-refractivity contribution is 5.33. The summed E-state index contributed by atoms with van der Waals surface area (Å²) in [6.07, 6.45) is -1.27. The number of benzene rings is 1. The highest BCUT2D eigenvalue weighted by atomic mass is 19.4. The van der Waals surface area contributed by atoms with Gasteiger partial charge in [0.05, 0.1) is 5.56 Å². The minimum atomic E-state index is -4.35. The number of aryl methyl sites for hydroxylation is 1. The maximum absolute atomic E-state index is 12.4. The van der Waals surface area contributed by atoms with Crippen molar-refractivity contribution >= 4 is 5.82 Å². The van der Waals surface area contributed by atoms with Crippen molar-refractivity contribution in [3.63, 3.8) is 0 Å². The van der Waals surface area contributed by atoms with E-state index >= 15 is 0 Å². The first kappa shape index (κ1) is 15.1. The van der Waals surface area contributed by atoms with E-state index in [4.69, 9.17) is 0 Å². The van der Waals surface area contributed by atoms with Crippen LogP contribution in [0.25, 0.3) is 0 Å². The van der Waals surface area contributed by atoms with E-state index in [1.807, 2.05) is 6.92 Å². The summed E-state index contributed by atoms with van der Waals surface area (Å²) in [5.41, 5.74) is -0.319. The van der Waals surface area contributed by atoms with Crippen LogP contribution in [0.4, 0.5) is 19.0 Å². The lowest BCUT2D eigenvalue weighted by Gasteiger charge is -2.09. The van der Waals surface area contributed by atoms with Gasteiger partial charge in [-0.3, -0.25) is 4.79 Å². The Morgan fingerprint density at radius 1 is 1.24 bits per heavy atom. The average molecular weight is 297 g/mol. The summed E-state index contributed by atoms with van der Waals surface area (Å²) >= 11 is 0. The van der Waals surface area contributed by atoms with Gasteiger partial charge in [0.1, 0.15) is 0 Å². The number of nitrogens with zero attached hydrogens (tertiary/aromatic N) is 2. The highest BCUT2D eigenvalue weighted by Gasteiger charge is 2.29. The van der Waals surface area contributed by atoms with Gasteiger partial charge in [-0.25, -0.2) is 4.98 Å². The molecule has 2 rings (SSSR count). The minimum absolute atomic E-state index is 0.180. The first-order valence-corrected chi connectivity index (χ1v) is 6.37. The molecule has 0 atom stereocenters. The van der Waals surface area contributed by atoms with Gasteiger partial charge in [-0.2, -0.15) is 13.2 Å². The van der Waals surface area contributed by atoms with Crippen molar-refractivity contribution in [2.24, 2.45) is 0 Å². The van der Waals surface area contributed by atoms with E-state index in [2.05, 4.69) is 10.3 Å². The van der Waals surface area contributed by atoms with E-state index in [1.54, 1.807) is 6.20 Å². The molecular formula is C14H14F3N3O. The van der Waals surface area contributed by atoms with E-state index in [1.165, 1.54) is 22.9 Å². The van der Waals surface area contributed by atoms with Gasteiger partial charge in [0.2, 0.25) is 0 Å². The first-order chi connectivity index (χ1) is 9.91. The third kappa shape index (κ3) is 3.62. The minimum Gasteiger partial charge on any atom is -0.361 e. The third-order valence-electron chi connectivity index (χ3n) is 3.00. The molecule has 0 amide bonds. The molecule has 0 aliphatic rings. The van der Waals surface area contributed by atoms with E-state index in [0.717, 1.165) is 12.1 Å². The lowest BCUT2D eigenvalue weighted by Crippen LogP contribution is -2.23. The molecule has 0 radical (unpaired) electrons. The third-order valence-corrected chi connectivity index (χ3v) is 3.00. The van der Waals surface area contributed by atoms with Gasteiger partial charge in [-0.1, -0.05) is 12.1 Å². The van der Waals surface area contributed by atoms with Crippen molar-refractivity contribution in [2.75, 3.05) is 5.32 Å². The predicted molar refractivity (Wildman–Crippen MR) is 72.9 cm³/mol. The standard InChI is InChI=1S/C14H14F3N3O/c1-2-20-8-7-18-12(13(20)21)19-9-10-3-5-11(6-4-10)14(15,16)17/h3-8H,2,9H2,1H3,(H,18,19). The molecule has 0 aliphatic heterocycles. The Labute approximate surface area is 119 Å². The van der Waals surface area contributed by atoms with Crippen molar-refractivity contribution in [3.05, 3.63) is 58.1 Å². The monoisotopic (exact) mass is 297 g/mol. The fraction of sp³-hybridized carbons (Fsp3) is 0.286. The molecule has 21 heavy (non-hydrogen) atoms. The molecule has 0 saturated heterocycles. The molecule has 0 saturated carbocycles. The quantitative estimate of drug-likeness (QED) is 0.944. The molecule has 1 heterocycles. The molecule has 1 N–H and O–H groups in total. The number of rotatable bonds is 4. The molecule has 2 aromatic rings.